The van der Waals surface area contributed by atoms with Crippen LogP contribution in [0.5, 0.6) is 5.75 Å². The van der Waals surface area contributed by atoms with Crippen LogP contribution in [0.2, 0.25) is 0 Å². The van der Waals surface area contributed by atoms with Crippen molar-refractivity contribution in [3.8, 4) is 5.75 Å². The maximum Gasteiger partial charge on any atom is 0.119 e. The van der Waals surface area contributed by atoms with Crippen LogP contribution >= 0.6 is 15.9 Å². The van der Waals surface area contributed by atoms with Crippen molar-refractivity contribution >= 4 is 15.9 Å². The molecule has 96 valence electrons. The Labute approximate surface area is 114 Å². The molecule has 1 rings (SSSR count). The fourth-order valence-corrected chi connectivity index (χ4v) is 2.56. The highest BCUT2D eigenvalue weighted by Crippen LogP contribution is 2.26. The van der Waals surface area contributed by atoms with Gasteiger partial charge in [0.25, 0.3) is 0 Å². The average Bonchev–Trinajstić information content (AvgIpc) is 2.26. The summed E-state index contributed by atoms with van der Waals surface area (Å²) in [5.74, 6) is 2.17. The molecule has 0 aromatic heterocycles. The van der Waals surface area contributed by atoms with Crippen molar-refractivity contribution in [3.05, 3.63) is 29.3 Å². The van der Waals surface area contributed by atoms with Crippen LogP contribution in [0.15, 0.2) is 18.2 Å². The third kappa shape index (κ3) is 4.71. The number of aryl methyl sites for hydroxylation is 1. The summed E-state index contributed by atoms with van der Waals surface area (Å²) in [4.78, 5) is 0. The van der Waals surface area contributed by atoms with Crippen LogP contribution in [0.3, 0.4) is 0 Å². The van der Waals surface area contributed by atoms with Gasteiger partial charge in [0.15, 0.2) is 0 Å². The minimum Gasteiger partial charge on any atom is -0.493 e. The molecule has 0 spiro atoms. The van der Waals surface area contributed by atoms with Gasteiger partial charge in [0.05, 0.1) is 6.61 Å². The summed E-state index contributed by atoms with van der Waals surface area (Å²) in [6, 6.07) is 6.45. The van der Waals surface area contributed by atoms with Gasteiger partial charge in [-0.3, -0.25) is 0 Å². The van der Waals surface area contributed by atoms with E-state index in [2.05, 4.69) is 61.8 Å². The fourth-order valence-electron chi connectivity index (χ4n) is 1.87. The van der Waals surface area contributed by atoms with E-state index in [1.54, 1.807) is 0 Å². The van der Waals surface area contributed by atoms with Gasteiger partial charge in [-0.15, -0.1) is 0 Å². The predicted molar refractivity (Wildman–Crippen MR) is 78.3 cm³/mol. The Morgan fingerprint density at radius 2 is 1.94 bits per heavy atom. The molecule has 0 radical (unpaired) electrons. The normalized spacial score (nSPS) is 12.8. The standard InChI is InChI=1S/C15H23BrO/c1-11(2)10-17-14-5-6-15(13(4)9-14)12(3)7-8-16/h5-6,9,11-12H,7-8,10H2,1-4H3. The van der Waals surface area contributed by atoms with E-state index in [9.17, 15) is 0 Å². The molecular weight excluding hydrogens is 276 g/mol. The third-order valence-corrected chi connectivity index (χ3v) is 3.36. The van der Waals surface area contributed by atoms with Crippen molar-refractivity contribution in [1.29, 1.82) is 0 Å². The molecule has 1 atom stereocenters. The summed E-state index contributed by atoms with van der Waals surface area (Å²) in [6.45, 7) is 9.56. The van der Waals surface area contributed by atoms with E-state index in [4.69, 9.17) is 4.74 Å². The molecule has 0 saturated heterocycles. The Morgan fingerprint density at radius 3 is 2.47 bits per heavy atom. The maximum absolute atomic E-state index is 5.73. The predicted octanol–water partition coefficient (Wildman–Crippen LogP) is 4.92. The number of benzene rings is 1. The van der Waals surface area contributed by atoms with Gasteiger partial charge in [-0.25, -0.2) is 0 Å². The van der Waals surface area contributed by atoms with E-state index in [1.165, 1.54) is 17.5 Å². The molecule has 2 heteroatoms. The Hall–Kier alpha value is -0.500. The lowest BCUT2D eigenvalue weighted by Gasteiger charge is -2.15. The highest BCUT2D eigenvalue weighted by Gasteiger charge is 2.08. The van der Waals surface area contributed by atoms with Crippen LogP contribution in [-0.4, -0.2) is 11.9 Å². The van der Waals surface area contributed by atoms with Crippen LogP contribution in [-0.2, 0) is 0 Å². The van der Waals surface area contributed by atoms with E-state index in [1.807, 2.05) is 0 Å². The molecule has 0 fully saturated rings. The van der Waals surface area contributed by atoms with Crippen molar-refractivity contribution in [3.63, 3.8) is 0 Å². The summed E-state index contributed by atoms with van der Waals surface area (Å²) in [7, 11) is 0. The Bertz CT molecular complexity index is 347. The summed E-state index contributed by atoms with van der Waals surface area (Å²) < 4.78 is 5.73. The molecule has 0 amide bonds. The van der Waals surface area contributed by atoms with Crippen molar-refractivity contribution in [1.82, 2.24) is 0 Å². The zero-order chi connectivity index (χ0) is 12.8. The minimum absolute atomic E-state index is 0.572. The number of alkyl halides is 1. The quantitative estimate of drug-likeness (QED) is 0.678. The summed E-state index contributed by atoms with van der Waals surface area (Å²) in [5.41, 5.74) is 2.76. The lowest BCUT2D eigenvalue weighted by atomic mass is 9.94. The fraction of sp³-hybridized carbons (Fsp3) is 0.600. The number of rotatable bonds is 6. The average molecular weight is 299 g/mol. The lowest BCUT2D eigenvalue weighted by molar-refractivity contribution is 0.271. The number of hydrogen-bond acceptors (Lipinski definition) is 1. The van der Waals surface area contributed by atoms with E-state index in [-0.39, 0.29) is 0 Å². The molecule has 0 aliphatic carbocycles. The molecule has 1 nitrogen and oxygen atoms in total. The largest absolute Gasteiger partial charge is 0.493 e. The van der Waals surface area contributed by atoms with Gasteiger partial charge in [-0.2, -0.15) is 0 Å². The van der Waals surface area contributed by atoms with Gasteiger partial charge in [-0.05, 0) is 48.4 Å². The Morgan fingerprint density at radius 1 is 1.24 bits per heavy atom. The monoisotopic (exact) mass is 298 g/mol. The summed E-state index contributed by atoms with van der Waals surface area (Å²) in [5, 5.41) is 1.05. The number of hydrogen-bond donors (Lipinski definition) is 0. The first-order valence-electron chi connectivity index (χ1n) is 6.34. The summed E-state index contributed by atoms with van der Waals surface area (Å²) in [6.07, 6.45) is 1.17. The van der Waals surface area contributed by atoms with E-state index in [0.29, 0.717) is 11.8 Å². The van der Waals surface area contributed by atoms with Gasteiger partial charge in [0.1, 0.15) is 5.75 Å². The molecule has 0 heterocycles. The first-order chi connectivity index (χ1) is 8.04. The first kappa shape index (κ1) is 14.6. The maximum atomic E-state index is 5.73. The van der Waals surface area contributed by atoms with Crippen LogP contribution < -0.4 is 4.74 Å². The van der Waals surface area contributed by atoms with Gasteiger partial charge in [0, 0.05) is 5.33 Å². The van der Waals surface area contributed by atoms with Gasteiger partial charge >= 0.3 is 0 Å². The second-order valence-electron chi connectivity index (χ2n) is 5.10. The van der Waals surface area contributed by atoms with Crippen molar-refractivity contribution in [2.75, 3.05) is 11.9 Å². The second kappa shape index (κ2) is 7.05. The minimum atomic E-state index is 0.572. The molecule has 0 saturated carbocycles. The zero-order valence-corrected chi connectivity index (χ0v) is 12.9. The first-order valence-corrected chi connectivity index (χ1v) is 7.46. The van der Waals surface area contributed by atoms with Crippen LogP contribution in [0.1, 0.15) is 44.2 Å². The van der Waals surface area contributed by atoms with Crippen molar-refractivity contribution in [2.45, 2.75) is 40.0 Å². The van der Waals surface area contributed by atoms with E-state index < -0.39 is 0 Å². The number of ether oxygens (including phenoxy) is 1. The Balaban J connectivity index is 2.72. The molecule has 1 aromatic rings. The highest BCUT2D eigenvalue weighted by atomic mass is 79.9. The molecule has 0 N–H and O–H groups in total. The van der Waals surface area contributed by atoms with Gasteiger partial charge in [0.2, 0.25) is 0 Å². The molecule has 1 unspecified atom stereocenters. The Kier molecular flexibility index (Phi) is 6.04. The number of halogens is 1. The van der Waals surface area contributed by atoms with E-state index in [0.717, 1.165) is 17.7 Å². The smallest absolute Gasteiger partial charge is 0.119 e. The lowest BCUT2D eigenvalue weighted by Crippen LogP contribution is -2.05. The van der Waals surface area contributed by atoms with Crippen LogP contribution in [0, 0.1) is 12.8 Å². The topological polar surface area (TPSA) is 9.23 Å². The van der Waals surface area contributed by atoms with E-state index >= 15 is 0 Å². The zero-order valence-electron chi connectivity index (χ0n) is 11.3. The molecule has 0 aliphatic rings. The van der Waals surface area contributed by atoms with Crippen molar-refractivity contribution in [2.24, 2.45) is 5.92 Å². The molecule has 1 aromatic carbocycles. The molecule has 0 bridgehead atoms. The second-order valence-corrected chi connectivity index (χ2v) is 5.89. The van der Waals surface area contributed by atoms with Crippen molar-refractivity contribution < 1.29 is 4.74 Å². The summed E-state index contributed by atoms with van der Waals surface area (Å²) >= 11 is 3.50. The van der Waals surface area contributed by atoms with Crippen LogP contribution in [0.4, 0.5) is 0 Å². The van der Waals surface area contributed by atoms with Gasteiger partial charge in [-0.1, -0.05) is 42.8 Å². The molecule has 0 aliphatic heterocycles. The molecular formula is C15H23BrO. The highest BCUT2D eigenvalue weighted by molar-refractivity contribution is 9.09. The molecule has 17 heavy (non-hydrogen) atoms. The third-order valence-electron chi connectivity index (χ3n) is 2.90. The van der Waals surface area contributed by atoms with Crippen LogP contribution in [0.25, 0.3) is 0 Å². The van der Waals surface area contributed by atoms with Gasteiger partial charge < -0.3 is 4.74 Å². The SMILES string of the molecule is Cc1cc(OCC(C)C)ccc1C(C)CCBr.